The van der Waals surface area contributed by atoms with Crippen molar-refractivity contribution < 1.29 is 8.83 Å². The molecule has 2 nitrogen and oxygen atoms in total. The minimum absolute atomic E-state index is 0.878. The summed E-state index contributed by atoms with van der Waals surface area (Å²) in [4.78, 5) is 0. The molecule has 2 heteroatoms. The number of benzene rings is 9. The maximum Gasteiger partial charge on any atom is 0.144 e. The molecule has 222 valence electrons. The van der Waals surface area contributed by atoms with Crippen LogP contribution in [0.3, 0.4) is 0 Å². The summed E-state index contributed by atoms with van der Waals surface area (Å²) in [5, 5.41) is 14.1. The standard InChI is InChI=1S/C46H26O2/c1-3-11-34-31(9-1)25-32-10-2-4-12-35(32)42(34)33-20-19-27-23-28(17-18-29(27)24-33)30-21-22-39-41(26-30)48-46-37-14-6-5-13-36(37)45-43(44(39)46)38-15-7-8-16-40(38)47-45/h1-26H. The van der Waals surface area contributed by atoms with E-state index in [2.05, 4.69) is 146 Å². The third-order valence-electron chi connectivity index (χ3n) is 10.2. The number of hydrogen-bond donors (Lipinski definition) is 0. The van der Waals surface area contributed by atoms with E-state index in [0.717, 1.165) is 65.8 Å². The lowest BCUT2D eigenvalue weighted by Crippen LogP contribution is -1.86. The first-order chi connectivity index (χ1) is 23.8. The van der Waals surface area contributed by atoms with Crippen LogP contribution in [0.25, 0.3) is 109 Å². The van der Waals surface area contributed by atoms with Crippen molar-refractivity contribution in [2.75, 3.05) is 0 Å². The zero-order chi connectivity index (χ0) is 31.3. The van der Waals surface area contributed by atoms with E-state index in [0.29, 0.717) is 0 Å². The Morgan fingerprint density at radius 3 is 1.46 bits per heavy atom. The predicted octanol–water partition coefficient (Wildman–Crippen LogP) is 13.4. The largest absolute Gasteiger partial charge is 0.455 e. The van der Waals surface area contributed by atoms with Crippen molar-refractivity contribution in [2.24, 2.45) is 0 Å². The van der Waals surface area contributed by atoms with E-state index in [9.17, 15) is 0 Å². The number of fused-ring (bicyclic) bond motifs is 13. The Balaban J connectivity index is 1.08. The molecule has 0 saturated heterocycles. The van der Waals surface area contributed by atoms with Crippen LogP contribution in [0.5, 0.6) is 0 Å². The molecule has 0 radical (unpaired) electrons. The third-order valence-corrected chi connectivity index (χ3v) is 10.2. The van der Waals surface area contributed by atoms with E-state index < -0.39 is 0 Å². The summed E-state index contributed by atoms with van der Waals surface area (Å²) in [7, 11) is 0. The van der Waals surface area contributed by atoms with Gasteiger partial charge in [0, 0.05) is 32.3 Å². The summed E-state index contributed by atoms with van der Waals surface area (Å²) in [6, 6.07) is 56.6. The molecule has 0 spiro atoms. The smallest absolute Gasteiger partial charge is 0.144 e. The van der Waals surface area contributed by atoms with Crippen molar-refractivity contribution in [1.29, 1.82) is 0 Å². The van der Waals surface area contributed by atoms with Gasteiger partial charge in [0.05, 0.1) is 0 Å². The fourth-order valence-corrected chi connectivity index (χ4v) is 7.98. The van der Waals surface area contributed by atoms with Gasteiger partial charge in [-0.25, -0.2) is 0 Å². The molecule has 2 aromatic heterocycles. The van der Waals surface area contributed by atoms with Crippen LogP contribution in [0.2, 0.25) is 0 Å². The maximum atomic E-state index is 6.74. The Morgan fingerprint density at radius 1 is 0.292 bits per heavy atom. The van der Waals surface area contributed by atoms with Gasteiger partial charge in [0.1, 0.15) is 22.3 Å². The first kappa shape index (κ1) is 25.8. The molecule has 9 aromatic carbocycles. The second-order valence-corrected chi connectivity index (χ2v) is 12.8. The SMILES string of the molecule is c1ccc2c(-c3ccc4cc(-c5ccc6c(c5)oc5c7ccccc7c7oc8ccccc8c7c65)ccc4c3)c3ccccc3cc2c1. The lowest BCUT2D eigenvalue weighted by molar-refractivity contribution is 0.668. The summed E-state index contributed by atoms with van der Waals surface area (Å²) in [6.45, 7) is 0. The minimum Gasteiger partial charge on any atom is -0.455 e. The Morgan fingerprint density at radius 2 is 0.771 bits per heavy atom. The Hall–Kier alpha value is -6.38. The molecular formula is C46H26O2. The average molecular weight is 611 g/mol. The highest BCUT2D eigenvalue weighted by Crippen LogP contribution is 2.45. The van der Waals surface area contributed by atoms with Crippen molar-refractivity contribution in [3.05, 3.63) is 158 Å². The minimum atomic E-state index is 0.878. The number of rotatable bonds is 2. The van der Waals surface area contributed by atoms with E-state index in [-0.39, 0.29) is 0 Å². The molecule has 0 N–H and O–H groups in total. The van der Waals surface area contributed by atoms with Gasteiger partial charge in [0.15, 0.2) is 0 Å². The summed E-state index contributed by atoms with van der Waals surface area (Å²) >= 11 is 0. The van der Waals surface area contributed by atoms with E-state index in [1.54, 1.807) is 0 Å². The van der Waals surface area contributed by atoms with E-state index in [1.165, 1.54) is 43.4 Å². The summed E-state index contributed by atoms with van der Waals surface area (Å²) < 4.78 is 13.2. The topological polar surface area (TPSA) is 26.3 Å². The quantitative estimate of drug-likeness (QED) is 0.182. The van der Waals surface area contributed by atoms with Crippen LogP contribution in [0.15, 0.2) is 167 Å². The Bertz CT molecular complexity index is 3070. The van der Waals surface area contributed by atoms with Gasteiger partial charge in [0.2, 0.25) is 0 Å². The summed E-state index contributed by atoms with van der Waals surface area (Å²) in [6.07, 6.45) is 0. The molecular weight excluding hydrogens is 585 g/mol. The van der Waals surface area contributed by atoms with Gasteiger partial charge in [-0.1, -0.05) is 121 Å². The van der Waals surface area contributed by atoms with E-state index in [4.69, 9.17) is 8.83 Å². The molecule has 0 unspecified atom stereocenters. The molecule has 0 amide bonds. The van der Waals surface area contributed by atoms with Crippen LogP contribution in [-0.4, -0.2) is 0 Å². The highest BCUT2D eigenvalue weighted by atomic mass is 16.3. The summed E-state index contributed by atoms with van der Waals surface area (Å²) in [5.41, 5.74) is 8.41. The van der Waals surface area contributed by atoms with Crippen LogP contribution >= 0.6 is 0 Å². The van der Waals surface area contributed by atoms with Crippen LogP contribution in [-0.2, 0) is 0 Å². The predicted molar refractivity (Wildman–Crippen MR) is 202 cm³/mol. The highest BCUT2D eigenvalue weighted by molar-refractivity contribution is 6.34. The van der Waals surface area contributed by atoms with Crippen LogP contribution in [0, 0.1) is 0 Å². The molecule has 0 fully saturated rings. The average Bonchev–Trinajstić information content (AvgIpc) is 3.72. The molecule has 0 aliphatic heterocycles. The van der Waals surface area contributed by atoms with Gasteiger partial charge >= 0.3 is 0 Å². The van der Waals surface area contributed by atoms with Crippen molar-refractivity contribution in [3.63, 3.8) is 0 Å². The molecule has 0 aliphatic rings. The van der Waals surface area contributed by atoms with Crippen molar-refractivity contribution in [1.82, 2.24) is 0 Å². The molecule has 0 atom stereocenters. The lowest BCUT2D eigenvalue weighted by Gasteiger charge is -2.13. The van der Waals surface area contributed by atoms with Gasteiger partial charge in [-0.05, 0) is 91.0 Å². The van der Waals surface area contributed by atoms with Crippen LogP contribution in [0.1, 0.15) is 0 Å². The van der Waals surface area contributed by atoms with Crippen molar-refractivity contribution in [3.8, 4) is 22.3 Å². The molecule has 11 rings (SSSR count). The summed E-state index contributed by atoms with van der Waals surface area (Å²) in [5.74, 6) is 0. The van der Waals surface area contributed by atoms with E-state index >= 15 is 0 Å². The Kier molecular flexibility index (Phi) is 5.14. The molecule has 0 bridgehead atoms. The zero-order valence-electron chi connectivity index (χ0n) is 25.8. The molecule has 48 heavy (non-hydrogen) atoms. The third kappa shape index (κ3) is 3.57. The Labute approximate surface area is 275 Å². The first-order valence-corrected chi connectivity index (χ1v) is 16.4. The molecule has 0 aliphatic carbocycles. The fourth-order valence-electron chi connectivity index (χ4n) is 7.98. The van der Waals surface area contributed by atoms with Crippen molar-refractivity contribution in [2.45, 2.75) is 0 Å². The van der Waals surface area contributed by atoms with Gasteiger partial charge in [-0.15, -0.1) is 0 Å². The number of hydrogen-bond acceptors (Lipinski definition) is 2. The number of para-hydroxylation sites is 1. The normalized spacial score (nSPS) is 12.2. The fraction of sp³-hybridized carbons (Fsp3) is 0. The van der Waals surface area contributed by atoms with Gasteiger partial charge in [0.25, 0.3) is 0 Å². The monoisotopic (exact) mass is 610 g/mol. The molecule has 0 saturated carbocycles. The first-order valence-electron chi connectivity index (χ1n) is 16.4. The maximum absolute atomic E-state index is 6.74. The molecule has 11 aromatic rings. The lowest BCUT2D eigenvalue weighted by atomic mass is 9.90. The molecule has 2 heterocycles. The van der Waals surface area contributed by atoms with Crippen LogP contribution < -0.4 is 0 Å². The van der Waals surface area contributed by atoms with Crippen LogP contribution in [0.4, 0.5) is 0 Å². The van der Waals surface area contributed by atoms with Crippen molar-refractivity contribution >= 4 is 87.0 Å². The second-order valence-electron chi connectivity index (χ2n) is 12.8. The second kappa shape index (κ2) is 9.57. The van der Waals surface area contributed by atoms with Gasteiger partial charge < -0.3 is 8.83 Å². The van der Waals surface area contributed by atoms with E-state index in [1.807, 2.05) is 12.1 Å². The van der Waals surface area contributed by atoms with Gasteiger partial charge in [-0.3, -0.25) is 0 Å². The number of furan rings is 2. The zero-order valence-corrected chi connectivity index (χ0v) is 25.8. The highest BCUT2D eigenvalue weighted by Gasteiger charge is 2.21. The van der Waals surface area contributed by atoms with Gasteiger partial charge in [-0.2, -0.15) is 0 Å².